The molecule has 340 valence electrons. The average molecular weight is 1000 g/mol. The fraction of sp³-hybridized carbons (Fsp3) is 0.323. The molecule has 4 heteroatoms. The van der Waals surface area contributed by atoms with Crippen molar-refractivity contribution in [2.24, 2.45) is 0 Å². The van der Waals surface area contributed by atoms with Gasteiger partial charge in [-0.2, -0.15) is 0 Å². The van der Waals surface area contributed by atoms with Crippen molar-refractivity contribution in [3.63, 3.8) is 0 Å². The summed E-state index contributed by atoms with van der Waals surface area (Å²) in [6.45, 7) is 20.5. The van der Waals surface area contributed by atoms with E-state index in [0.717, 1.165) is 39.6 Å². The molecule has 1 aliphatic rings. The maximum atomic E-state index is 3.75. The monoisotopic (exact) mass is 998 g/mol. The van der Waals surface area contributed by atoms with Crippen molar-refractivity contribution < 1.29 is 0 Å². The lowest BCUT2D eigenvalue weighted by Crippen LogP contribution is -2.28. The summed E-state index contributed by atoms with van der Waals surface area (Å²) in [7, 11) is 0. The van der Waals surface area contributed by atoms with Gasteiger partial charge in [-0.15, -0.1) is 0 Å². The fourth-order valence-electron chi connectivity index (χ4n) is 11.3. The smallest absolute Gasteiger partial charge is 0.0520 e. The Kier molecular flexibility index (Phi) is 14.8. The van der Waals surface area contributed by atoms with Crippen LogP contribution in [0.15, 0.2) is 136 Å². The third kappa shape index (κ3) is 9.61. The van der Waals surface area contributed by atoms with Crippen LogP contribution in [-0.4, -0.2) is 0 Å². The van der Waals surface area contributed by atoms with Crippen molar-refractivity contribution in [1.29, 1.82) is 0 Å². The standard InChI is InChI=1S/C62H68Br2N2/c1-10-12-14-16-18-48-36-43(5)37-49(38-48)62(31-17-15-13-11-2)58-39-54(65(52-23-19-50(63)20-24-52)60-44(6)32-41(3)33-45(60)7)27-29-56(58)57-30-28-55(40-59(57)62)66(53-25-21-51(64)22-26-53)61-46(8)34-42(4)35-47(61)9/h19-30,32-40H,10-18,31H2,1-9H3. The molecule has 66 heavy (non-hydrogen) atoms. The number of aryl methyl sites for hydroxylation is 8. The highest BCUT2D eigenvalue weighted by Crippen LogP contribution is 2.58. The Hall–Kier alpha value is -4.90. The van der Waals surface area contributed by atoms with Crippen LogP contribution in [0.4, 0.5) is 34.1 Å². The molecule has 0 N–H and O–H groups in total. The minimum atomic E-state index is -0.389. The first kappa shape index (κ1) is 47.6. The van der Waals surface area contributed by atoms with E-state index >= 15 is 0 Å². The molecule has 0 heterocycles. The van der Waals surface area contributed by atoms with Crippen LogP contribution in [0.3, 0.4) is 0 Å². The van der Waals surface area contributed by atoms with Crippen LogP contribution >= 0.6 is 31.9 Å². The van der Waals surface area contributed by atoms with Crippen molar-refractivity contribution in [3.05, 3.63) is 198 Å². The van der Waals surface area contributed by atoms with Crippen molar-refractivity contribution in [2.75, 3.05) is 9.80 Å². The van der Waals surface area contributed by atoms with Gasteiger partial charge < -0.3 is 9.80 Å². The van der Waals surface area contributed by atoms with E-state index in [4.69, 9.17) is 0 Å². The summed E-state index contributed by atoms with van der Waals surface area (Å²) in [5.74, 6) is 0. The number of halogens is 2. The van der Waals surface area contributed by atoms with E-state index in [0.29, 0.717) is 0 Å². The Morgan fingerprint density at radius 3 is 1.26 bits per heavy atom. The summed E-state index contributed by atoms with van der Waals surface area (Å²) in [6, 6.07) is 49.5. The quantitative estimate of drug-likeness (QED) is 0.0839. The summed E-state index contributed by atoms with van der Waals surface area (Å²) in [5.41, 5.74) is 24.2. The third-order valence-electron chi connectivity index (χ3n) is 14.0. The predicted molar refractivity (Wildman–Crippen MR) is 293 cm³/mol. The second kappa shape index (κ2) is 20.5. The van der Waals surface area contributed by atoms with Crippen molar-refractivity contribution in [2.45, 2.75) is 132 Å². The van der Waals surface area contributed by atoms with Gasteiger partial charge in [-0.1, -0.05) is 162 Å². The first-order valence-corrected chi connectivity index (χ1v) is 26.1. The van der Waals surface area contributed by atoms with Crippen molar-refractivity contribution >= 4 is 66.0 Å². The predicted octanol–water partition coefficient (Wildman–Crippen LogP) is 19.7. The van der Waals surface area contributed by atoms with Gasteiger partial charge in [-0.25, -0.2) is 0 Å². The molecule has 8 rings (SSSR count). The van der Waals surface area contributed by atoms with E-state index in [1.807, 2.05) is 0 Å². The van der Waals surface area contributed by atoms with E-state index in [2.05, 4.69) is 231 Å². The number of hydrogen-bond donors (Lipinski definition) is 0. The number of unbranched alkanes of at least 4 members (excludes halogenated alkanes) is 6. The Balaban J connectivity index is 1.43. The molecular weight excluding hydrogens is 933 g/mol. The summed E-state index contributed by atoms with van der Waals surface area (Å²) in [5, 5.41) is 0. The Labute approximate surface area is 413 Å². The number of rotatable bonds is 17. The normalized spacial score (nSPS) is 12.6. The molecule has 0 aliphatic heterocycles. The molecule has 0 atom stereocenters. The van der Waals surface area contributed by atoms with Crippen LogP contribution in [0, 0.1) is 48.5 Å². The number of benzene rings is 7. The Morgan fingerprint density at radius 1 is 0.409 bits per heavy atom. The zero-order valence-electron chi connectivity index (χ0n) is 40.8. The van der Waals surface area contributed by atoms with Crippen LogP contribution < -0.4 is 9.80 Å². The molecule has 0 radical (unpaired) electrons. The molecule has 0 bridgehead atoms. The van der Waals surface area contributed by atoms with Gasteiger partial charge in [0, 0.05) is 37.1 Å². The van der Waals surface area contributed by atoms with Crippen molar-refractivity contribution in [3.8, 4) is 11.1 Å². The van der Waals surface area contributed by atoms with Crippen LogP contribution in [0.5, 0.6) is 0 Å². The SMILES string of the molecule is CCCCCCc1cc(C)cc(C2(CCCCCC)c3cc(N(c4ccc(Br)cc4)c4c(C)cc(C)cc4C)ccc3-c3ccc(N(c4ccc(Br)cc4)c4c(C)cc(C)cc4C)cc32)c1. The summed E-state index contributed by atoms with van der Waals surface area (Å²) < 4.78 is 2.15. The van der Waals surface area contributed by atoms with Crippen LogP contribution in [-0.2, 0) is 11.8 Å². The van der Waals surface area contributed by atoms with Gasteiger partial charge >= 0.3 is 0 Å². The van der Waals surface area contributed by atoms with E-state index in [-0.39, 0.29) is 5.41 Å². The molecule has 0 saturated heterocycles. The average Bonchev–Trinajstić information content (AvgIpc) is 3.55. The van der Waals surface area contributed by atoms with Crippen LogP contribution in [0.2, 0.25) is 0 Å². The molecule has 0 unspecified atom stereocenters. The van der Waals surface area contributed by atoms with Gasteiger partial charge in [0.25, 0.3) is 0 Å². The number of hydrogen-bond acceptors (Lipinski definition) is 2. The maximum absolute atomic E-state index is 3.75. The van der Waals surface area contributed by atoms with Crippen LogP contribution in [0.25, 0.3) is 11.1 Å². The third-order valence-corrected chi connectivity index (χ3v) is 15.0. The highest BCUT2D eigenvalue weighted by Gasteiger charge is 2.45. The lowest BCUT2D eigenvalue weighted by Gasteiger charge is -2.36. The van der Waals surface area contributed by atoms with Crippen LogP contribution in [0.1, 0.15) is 133 Å². The summed E-state index contributed by atoms with van der Waals surface area (Å²) >= 11 is 7.50. The highest BCUT2D eigenvalue weighted by atomic mass is 79.9. The molecular formula is C62H68Br2N2. The maximum Gasteiger partial charge on any atom is 0.0520 e. The molecule has 0 fully saturated rings. The number of anilines is 6. The largest absolute Gasteiger partial charge is 0.310 e. The topological polar surface area (TPSA) is 6.48 Å². The lowest BCUT2D eigenvalue weighted by atomic mass is 9.68. The highest BCUT2D eigenvalue weighted by molar-refractivity contribution is 9.10. The summed E-state index contributed by atoms with van der Waals surface area (Å²) in [6.07, 6.45) is 11.9. The molecule has 2 nitrogen and oxygen atoms in total. The van der Waals surface area contributed by atoms with Gasteiger partial charge in [0.2, 0.25) is 0 Å². The Morgan fingerprint density at radius 2 is 0.818 bits per heavy atom. The van der Waals surface area contributed by atoms with E-state index in [1.165, 1.54) is 140 Å². The zero-order chi connectivity index (χ0) is 46.7. The minimum Gasteiger partial charge on any atom is -0.310 e. The minimum absolute atomic E-state index is 0.389. The van der Waals surface area contributed by atoms with E-state index < -0.39 is 0 Å². The number of fused-ring (bicyclic) bond motifs is 3. The Bertz CT molecular complexity index is 2630. The molecule has 7 aromatic carbocycles. The molecule has 1 aliphatic carbocycles. The lowest BCUT2D eigenvalue weighted by molar-refractivity contribution is 0.515. The van der Waals surface area contributed by atoms with E-state index in [9.17, 15) is 0 Å². The molecule has 0 spiro atoms. The van der Waals surface area contributed by atoms with Gasteiger partial charge in [0.15, 0.2) is 0 Å². The number of nitrogens with zero attached hydrogens (tertiary/aromatic N) is 2. The molecule has 7 aromatic rings. The second-order valence-electron chi connectivity index (χ2n) is 19.3. The first-order valence-electron chi connectivity index (χ1n) is 24.5. The van der Waals surface area contributed by atoms with Gasteiger partial charge in [-0.05, 0) is 196 Å². The van der Waals surface area contributed by atoms with Crippen molar-refractivity contribution in [1.82, 2.24) is 0 Å². The van der Waals surface area contributed by atoms with Gasteiger partial charge in [-0.3, -0.25) is 0 Å². The molecule has 0 aromatic heterocycles. The summed E-state index contributed by atoms with van der Waals surface area (Å²) in [4.78, 5) is 5.03. The zero-order valence-corrected chi connectivity index (χ0v) is 44.0. The molecule has 0 amide bonds. The fourth-order valence-corrected chi connectivity index (χ4v) is 11.8. The van der Waals surface area contributed by atoms with Gasteiger partial charge in [0.05, 0.1) is 11.4 Å². The van der Waals surface area contributed by atoms with Gasteiger partial charge in [0.1, 0.15) is 0 Å². The second-order valence-corrected chi connectivity index (χ2v) is 21.1. The first-order chi connectivity index (χ1) is 31.8. The van der Waals surface area contributed by atoms with E-state index in [1.54, 1.807) is 0 Å². The molecule has 0 saturated carbocycles.